The van der Waals surface area contributed by atoms with Crippen LogP contribution in [0.25, 0.3) is 0 Å². The average molecular weight is 264 g/mol. The molecule has 20 heavy (non-hydrogen) atoms. The number of nitrogens with zero attached hydrogens (tertiary/aromatic N) is 2. The van der Waals surface area contributed by atoms with Crippen molar-refractivity contribution in [3.63, 3.8) is 0 Å². The Morgan fingerprint density at radius 1 is 1.30 bits per heavy atom. The van der Waals surface area contributed by atoms with Crippen LogP contribution < -0.4 is 10.6 Å². The summed E-state index contributed by atoms with van der Waals surface area (Å²) < 4.78 is 0. The van der Waals surface area contributed by atoms with Crippen LogP contribution in [-0.2, 0) is 6.42 Å². The fraction of sp³-hybridized carbons (Fsp3) is 0.250. The maximum atomic E-state index is 8.73. The topological polar surface area (TPSA) is 60.7 Å². The van der Waals surface area contributed by atoms with Crippen molar-refractivity contribution in [1.82, 2.24) is 4.98 Å². The van der Waals surface area contributed by atoms with Crippen molar-refractivity contribution in [2.24, 2.45) is 0 Å². The number of fused-ring (bicyclic) bond motifs is 1. The lowest BCUT2D eigenvalue weighted by Gasteiger charge is -2.27. The fourth-order valence-corrected chi connectivity index (χ4v) is 2.45. The van der Waals surface area contributed by atoms with Gasteiger partial charge in [-0.15, -0.1) is 0 Å². The predicted octanol–water partition coefficient (Wildman–Crippen LogP) is 2.79. The number of para-hydroxylation sites is 1. The molecular formula is C16H16N4. The van der Waals surface area contributed by atoms with Crippen molar-refractivity contribution in [2.45, 2.75) is 18.9 Å². The van der Waals surface area contributed by atoms with Gasteiger partial charge in [0.1, 0.15) is 11.9 Å². The quantitative estimate of drug-likeness (QED) is 0.895. The zero-order valence-electron chi connectivity index (χ0n) is 11.1. The largest absolute Gasteiger partial charge is 0.380 e. The van der Waals surface area contributed by atoms with Crippen LogP contribution >= 0.6 is 0 Å². The van der Waals surface area contributed by atoms with Gasteiger partial charge in [-0.2, -0.15) is 5.26 Å². The van der Waals surface area contributed by atoms with Gasteiger partial charge < -0.3 is 10.6 Å². The van der Waals surface area contributed by atoms with Gasteiger partial charge in [-0.25, -0.2) is 4.98 Å². The highest BCUT2D eigenvalue weighted by Crippen LogP contribution is 2.24. The lowest BCUT2D eigenvalue weighted by Crippen LogP contribution is -2.32. The van der Waals surface area contributed by atoms with Gasteiger partial charge in [0.15, 0.2) is 0 Å². The second-order valence-corrected chi connectivity index (χ2v) is 4.96. The molecule has 1 aliphatic rings. The summed E-state index contributed by atoms with van der Waals surface area (Å²) in [6.07, 6.45) is 3.81. The molecule has 2 heterocycles. The zero-order chi connectivity index (χ0) is 13.8. The molecule has 0 saturated heterocycles. The van der Waals surface area contributed by atoms with Crippen LogP contribution in [0.3, 0.4) is 0 Å². The zero-order valence-corrected chi connectivity index (χ0v) is 11.1. The number of aromatic nitrogens is 1. The number of rotatable bonds is 3. The lowest BCUT2D eigenvalue weighted by molar-refractivity contribution is 0.653. The number of benzene rings is 1. The van der Waals surface area contributed by atoms with Gasteiger partial charge in [0.2, 0.25) is 0 Å². The summed E-state index contributed by atoms with van der Waals surface area (Å²) in [6.45, 7) is 0.827. The van der Waals surface area contributed by atoms with E-state index >= 15 is 0 Å². The van der Waals surface area contributed by atoms with E-state index in [1.165, 1.54) is 11.3 Å². The molecule has 1 aromatic carbocycles. The molecule has 3 rings (SSSR count). The van der Waals surface area contributed by atoms with Crippen LogP contribution in [0.5, 0.6) is 0 Å². The number of aryl methyl sites for hydroxylation is 1. The molecule has 2 N–H and O–H groups in total. The summed E-state index contributed by atoms with van der Waals surface area (Å²) in [5, 5.41) is 15.6. The first-order valence-corrected chi connectivity index (χ1v) is 6.79. The van der Waals surface area contributed by atoms with E-state index in [0.717, 1.165) is 25.2 Å². The molecule has 1 unspecified atom stereocenters. The van der Waals surface area contributed by atoms with E-state index in [9.17, 15) is 0 Å². The molecule has 2 aromatic rings. The Hall–Kier alpha value is -2.54. The van der Waals surface area contributed by atoms with E-state index in [4.69, 9.17) is 5.26 Å². The monoisotopic (exact) mass is 264 g/mol. The third kappa shape index (κ3) is 2.72. The molecule has 1 aliphatic heterocycles. The summed E-state index contributed by atoms with van der Waals surface area (Å²) in [5.41, 5.74) is 3.21. The van der Waals surface area contributed by atoms with Crippen LogP contribution in [0.15, 0.2) is 42.6 Å². The molecule has 0 amide bonds. The van der Waals surface area contributed by atoms with Crippen molar-refractivity contribution in [2.75, 3.05) is 17.2 Å². The van der Waals surface area contributed by atoms with Gasteiger partial charge in [-0.1, -0.05) is 18.2 Å². The molecule has 0 bridgehead atoms. The normalized spacial score (nSPS) is 16.6. The minimum Gasteiger partial charge on any atom is -0.380 e. The molecule has 0 saturated carbocycles. The molecule has 1 atom stereocenters. The highest BCUT2D eigenvalue weighted by Gasteiger charge is 2.16. The molecule has 1 aromatic heterocycles. The summed E-state index contributed by atoms with van der Waals surface area (Å²) in [4.78, 5) is 4.22. The summed E-state index contributed by atoms with van der Waals surface area (Å²) >= 11 is 0. The Bertz CT molecular complexity index is 628. The average Bonchev–Trinajstić information content (AvgIpc) is 2.53. The Balaban J connectivity index is 1.58. The van der Waals surface area contributed by atoms with Gasteiger partial charge >= 0.3 is 0 Å². The fourth-order valence-electron chi connectivity index (χ4n) is 2.45. The Labute approximate surface area is 118 Å². The van der Waals surface area contributed by atoms with Crippen molar-refractivity contribution in [3.8, 4) is 6.07 Å². The van der Waals surface area contributed by atoms with Crippen molar-refractivity contribution < 1.29 is 0 Å². The van der Waals surface area contributed by atoms with Crippen LogP contribution in [0, 0.1) is 11.3 Å². The second-order valence-electron chi connectivity index (χ2n) is 4.96. The number of hydrogen-bond donors (Lipinski definition) is 2. The van der Waals surface area contributed by atoms with Gasteiger partial charge in [-0.3, -0.25) is 0 Å². The van der Waals surface area contributed by atoms with Crippen LogP contribution in [0.1, 0.15) is 17.5 Å². The molecule has 0 aliphatic carbocycles. The van der Waals surface area contributed by atoms with E-state index in [0.29, 0.717) is 11.6 Å². The van der Waals surface area contributed by atoms with Crippen molar-refractivity contribution >= 4 is 11.5 Å². The summed E-state index contributed by atoms with van der Waals surface area (Å²) in [7, 11) is 0. The predicted molar refractivity (Wildman–Crippen MR) is 79.6 cm³/mol. The van der Waals surface area contributed by atoms with E-state index < -0.39 is 0 Å². The molecular weight excluding hydrogens is 248 g/mol. The van der Waals surface area contributed by atoms with Gasteiger partial charge in [0, 0.05) is 24.5 Å². The Kier molecular flexibility index (Phi) is 3.51. The standard InChI is InChI=1S/C16H16N4/c17-9-12-5-8-16(18-10-12)19-11-14-7-6-13-3-1-2-4-15(13)20-14/h1-5,8,10,14,20H,6-7,11H2,(H,18,19). The summed E-state index contributed by atoms with van der Waals surface area (Å²) in [5.74, 6) is 0.810. The number of hydrogen-bond acceptors (Lipinski definition) is 4. The maximum absolute atomic E-state index is 8.73. The number of pyridine rings is 1. The van der Waals surface area contributed by atoms with Crippen molar-refractivity contribution in [3.05, 3.63) is 53.7 Å². The molecule has 0 radical (unpaired) electrons. The SMILES string of the molecule is N#Cc1ccc(NCC2CCc3ccccc3N2)nc1. The van der Waals surface area contributed by atoms with Gasteiger partial charge in [-0.05, 0) is 36.6 Å². The maximum Gasteiger partial charge on any atom is 0.126 e. The minimum atomic E-state index is 0.405. The molecule has 0 spiro atoms. The Morgan fingerprint density at radius 2 is 2.20 bits per heavy atom. The second kappa shape index (κ2) is 5.62. The van der Waals surface area contributed by atoms with Crippen LogP contribution in [-0.4, -0.2) is 17.6 Å². The summed E-state index contributed by atoms with van der Waals surface area (Å²) in [6, 6.07) is 14.5. The van der Waals surface area contributed by atoms with Gasteiger partial charge in [0.25, 0.3) is 0 Å². The third-order valence-corrected chi connectivity index (χ3v) is 3.56. The first kappa shape index (κ1) is 12.5. The Morgan fingerprint density at radius 3 is 3.00 bits per heavy atom. The third-order valence-electron chi connectivity index (χ3n) is 3.56. The highest BCUT2D eigenvalue weighted by molar-refractivity contribution is 5.54. The van der Waals surface area contributed by atoms with E-state index in [-0.39, 0.29) is 0 Å². The van der Waals surface area contributed by atoms with Crippen LogP contribution in [0.2, 0.25) is 0 Å². The molecule has 4 nitrogen and oxygen atoms in total. The lowest BCUT2D eigenvalue weighted by atomic mass is 9.98. The van der Waals surface area contributed by atoms with Crippen molar-refractivity contribution in [1.29, 1.82) is 5.26 Å². The van der Waals surface area contributed by atoms with Crippen LogP contribution in [0.4, 0.5) is 11.5 Å². The molecule has 0 fully saturated rings. The van der Waals surface area contributed by atoms with Gasteiger partial charge in [0.05, 0.1) is 5.56 Å². The van der Waals surface area contributed by atoms with E-state index in [1.807, 2.05) is 6.07 Å². The first-order valence-electron chi connectivity index (χ1n) is 6.79. The number of nitriles is 1. The molecule has 100 valence electrons. The highest BCUT2D eigenvalue weighted by atomic mass is 15.0. The first-order chi connectivity index (χ1) is 9.85. The van der Waals surface area contributed by atoms with E-state index in [1.54, 1.807) is 12.3 Å². The molecule has 4 heteroatoms. The number of anilines is 2. The smallest absolute Gasteiger partial charge is 0.126 e. The number of nitrogens with one attached hydrogen (secondary N) is 2. The minimum absolute atomic E-state index is 0.405. The van der Waals surface area contributed by atoms with E-state index in [2.05, 4.69) is 46.0 Å².